The number of carboxylic acid groups (broad SMARTS) is 1. The first-order valence-corrected chi connectivity index (χ1v) is 5.64. The highest BCUT2D eigenvalue weighted by Gasteiger charge is 2.15. The van der Waals surface area contributed by atoms with Gasteiger partial charge in [0.15, 0.2) is 6.10 Å². The van der Waals surface area contributed by atoms with Crippen molar-refractivity contribution in [1.29, 1.82) is 5.26 Å². The van der Waals surface area contributed by atoms with Crippen molar-refractivity contribution in [3.05, 3.63) is 59.7 Å². The SMILES string of the molecule is N#Cc1ccccc1-c1ccc(C(O)C(=O)O)cc1. The van der Waals surface area contributed by atoms with Gasteiger partial charge in [0.2, 0.25) is 0 Å². The Morgan fingerprint density at radius 3 is 2.32 bits per heavy atom. The third kappa shape index (κ3) is 2.62. The number of carboxylic acids is 1. The average molecular weight is 253 g/mol. The summed E-state index contributed by atoms with van der Waals surface area (Å²) in [6.45, 7) is 0. The zero-order valence-corrected chi connectivity index (χ0v) is 9.95. The fourth-order valence-corrected chi connectivity index (χ4v) is 1.82. The van der Waals surface area contributed by atoms with Crippen molar-refractivity contribution in [3.8, 4) is 17.2 Å². The van der Waals surface area contributed by atoms with Gasteiger partial charge < -0.3 is 10.2 Å². The van der Waals surface area contributed by atoms with Crippen LogP contribution in [0.5, 0.6) is 0 Å². The molecule has 0 saturated heterocycles. The van der Waals surface area contributed by atoms with E-state index in [-0.39, 0.29) is 0 Å². The van der Waals surface area contributed by atoms with Gasteiger partial charge >= 0.3 is 5.97 Å². The van der Waals surface area contributed by atoms with Crippen molar-refractivity contribution < 1.29 is 15.0 Å². The third-order valence-corrected chi connectivity index (χ3v) is 2.82. The van der Waals surface area contributed by atoms with Gasteiger partial charge in [0.05, 0.1) is 11.6 Å². The lowest BCUT2D eigenvalue weighted by Gasteiger charge is -2.08. The minimum Gasteiger partial charge on any atom is -0.479 e. The second-order valence-corrected chi connectivity index (χ2v) is 4.02. The van der Waals surface area contributed by atoms with E-state index in [4.69, 9.17) is 10.4 Å². The van der Waals surface area contributed by atoms with Crippen LogP contribution >= 0.6 is 0 Å². The Balaban J connectivity index is 2.38. The number of hydrogen-bond acceptors (Lipinski definition) is 3. The molecule has 0 fully saturated rings. The molecular weight excluding hydrogens is 242 g/mol. The highest BCUT2D eigenvalue weighted by atomic mass is 16.4. The van der Waals surface area contributed by atoms with Crippen LogP contribution in [0.15, 0.2) is 48.5 Å². The summed E-state index contributed by atoms with van der Waals surface area (Å²) in [5.74, 6) is -1.29. The summed E-state index contributed by atoms with van der Waals surface area (Å²) < 4.78 is 0. The first-order valence-electron chi connectivity index (χ1n) is 5.64. The lowest BCUT2D eigenvalue weighted by atomic mass is 9.98. The Kier molecular flexibility index (Phi) is 3.60. The van der Waals surface area contributed by atoms with Crippen molar-refractivity contribution in [2.75, 3.05) is 0 Å². The minimum absolute atomic E-state index is 0.311. The van der Waals surface area contributed by atoms with Crippen LogP contribution in [-0.2, 0) is 4.79 Å². The largest absolute Gasteiger partial charge is 0.479 e. The second kappa shape index (κ2) is 5.34. The number of carbonyl (C=O) groups is 1. The zero-order chi connectivity index (χ0) is 13.8. The molecule has 94 valence electrons. The lowest BCUT2D eigenvalue weighted by molar-refractivity contribution is -0.146. The van der Waals surface area contributed by atoms with Gasteiger partial charge in [-0.25, -0.2) is 4.79 Å². The Morgan fingerprint density at radius 1 is 1.11 bits per heavy atom. The molecule has 0 spiro atoms. The maximum Gasteiger partial charge on any atom is 0.337 e. The fourth-order valence-electron chi connectivity index (χ4n) is 1.82. The molecule has 0 bridgehead atoms. The van der Waals surface area contributed by atoms with Crippen LogP contribution in [0.25, 0.3) is 11.1 Å². The molecule has 1 atom stereocenters. The van der Waals surface area contributed by atoms with Crippen LogP contribution in [0.2, 0.25) is 0 Å². The van der Waals surface area contributed by atoms with E-state index in [9.17, 15) is 9.90 Å². The molecule has 2 N–H and O–H groups in total. The van der Waals surface area contributed by atoms with Crippen molar-refractivity contribution in [3.63, 3.8) is 0 Å². The van der Waals surface area contributed by atoms with Crippen molar-refractivity contribution in [2.45, 2.75) is 6.10 Å². The molecular formula is C15H11NO3. The molecule has 0 aromatic heterocycles. The number of nitrogens with zero attached hydrogens (tertiary/aromatic N) is 1. The average Bonchev–Trinajstić information content (AvgIpc) is 2.46. The van der Waals surface area contributed by atoms with Crippen LogP contribution in [0.3, 0.4) is 0 Å². The Morgan fingerprint density at radius 2 is 1.74 bits per heavy atom. The van der Waals surface area contributed by atoms with Gasteiger partial charge in [-0.1, -0.05) is 42.5 Å². The summed E-state index contributed by atoms with van der Waals surface area (Å²) in [6, 6.07) is 15.7. The molecule has 2 aromatic carbocycles. The summed E-state index contributed by atoms with van der Waals surface area (Å²) in [6.07, 6.45) is -1.53. The maximum atomic E-state index is 10.7. The minimum atomic E-state index is -1.53. The van der Waals surface area contributed by atoms with Crippen molar-refractivity contribution >= 4 is 5.97 Å². The van der Waals surface area contributed by atoms with E-state index in [1.165, 1.54) is 0 Å². The van der Waals surface area contributed by atoms with Crippen LogP contribution < -0.4 is 0 Å². The zero-order valence-electron chi connectivity index (χ0n) is 9.95. The Hall–Kier alpha value is -2.64. The molecule has 19 heavy (non-hydrogen) atoms. The predicted octanol–water partition coefficient (Wildman–Crippen LogP) is 2.34. The molecule has 1 unspecified atom stereocenters. The van der Waals surface area contributed by atoms with Crippen LogP contribution in [-0.4, -0.2) is 16.2 Å². The van der Waals surface area contributed by atoms with E-state index in [1.54, 1.807) is 36.4 Å². The molecule has 2 rings (SSSR count). The molecule has 0 aliphatic heterocycles. The standard InChI is InChI=1S/C15H11NO3/c16-9-12-3-1-2-4-13(12)10-5-7-11(8-6-10)14(17)15(18)19/h1-8,14,17H,(H,18,19). The summed E-state index contributed by atoms with van der Waals surface area (Å²) in [5, 5.41) is 27.1. The number of aliphatic hydroxyl groups excluding tert-OH is 1. The molecule has 0 heterocycles. The smallest absolute Gasteiger partial charge is 0.337 e. The van der Waals surface area contributed by atoms with E-state index in [2.05, 4.69) is 6.07 Å². The van der Waals surface area contributed by atoms with Gasteiger partial charge in [-0.05, 0) is 22.8 Å². The normalized spacial score (nSPS) is 11.6. The number of aliphatic hydroxyl groups is 1. The van der Waals surface area contributed by atoms with E-state index < -0.39 is 12.1 Å². The molecule has 0 aliphatic rings. The first kappa shape index (κ1) is 12.8. The van der Waals surface area contributed by atoms with Gasteiger partial charge in [0.1, 0.15) is 0 Å². The summed E-state index contributed by atoms with van der Waals surface area (Å²) in [5.41, 5.74) is 2.44. The molecule has 0 aliphatic carbocycles. The molecule has 2 aromatic rings. The van der Waals surface area contributed by atoms with Crippen LogP contribution in [0, 0.1) is 11.3 Å². The van der Waals surface area contributed by atoms with Gasteiger partial charge in [0, 0.05) is 0 Å². The monoisotopic (exact) mass is 253 g/mol. The maximum absolute atomic E-state index is 10.7. The second-order valence-electron chi connectivity index (χ2n) is 4.02. The van der Waals surface area contributed by atoms with E-state index in [0.29, 0.717) is 11.1 Å². The first-order chi connectivity index (χ1) is 9.13. The highest BCUT2D eigenvalue weighted by Crippen LogP contribution is 2.25. The summed E-state index contributed by atoms with van der Waals surface area (Å²) in [7, 11) is 0. The predicted molar refractivity (Wildman–Crippen MR) is 69.2 cm³/mol. The van der Waals surface area contributed by atoms with E-state index in [0.717, 1.165) is 11.1 Å². The van der Waals surface area contributed by atoms with Gasteiger partial charge in [0.25, 0.3) is 0 Å². The summed E-state index contributed by atoms with van der Waals surface area (Å²) >= 11 is 0. The van der Waals surface area contributed by atoms with Crippen LogP contribution in [0.1, 0.15) is 17.2 Å². The number of rotatable bonds is 3. The van der Waals surface area contributed by atoms with Crippen molar-refractivity contribution in [1.82, 2.24) is 0 Å². The number of aliphatic carboxylic acids is 1. The highest BCUT2D eigenvalue weighted by molar-refractivity contribution is 5.75. The van der Waals surface area contributed by atoms with E-state index >= 15 is 0 Å². The fraction of sp³-hybridized carbons (Fsp3) is 0.0667. The number of hydrogen-bond donors (Lipinski definition) is 2. The van der Waals surface area contributed by atoms with Crippen LogP contribution in [0.4, 0.5) is 0 Å². The summed E-state index contributed by atoms with van der Waals surface area (Å²) in [4.78, 5) is 10.7. The Labute approximate surface area is 110 Å². The quantitative estimate of drug-likeness (QED) is 0.879. The third-order valence-electron chi connectivity index (χ3n) is 2.82. The van der Waals surface area contributed by atoms with Crippen molar-refractivity contribution in [2.24, 2.45) is 0 Å². The van der Waals surface area contributed by atoms with Gasteiger partial charge in [-0.2, -0.15) is 5.26 Å². The molecule has 4 nitrogen and oxygen atoms in total. The Bertz CT molecular complexity index is 641. The molecule has 0 radical (unpaired) electrons. The van der Waals surface area contributed by atoms with Gasteiger partial charge in [-0.15, -0.1) is 0 Å². The lowest BCUT2D eigenvalue weighted by Crippen LogP contribution is -2.10. The molecule has 4 heteroatoms. The van der Waals surface area contributed by atoms with Gasteiger partial charge in [-0.3, -0.25) is 0 Å². The van der Waals surface area contributed by atoms with E-state index in [1.807, 2.05) is 12.1 Å². The number of benzene rings is 2. The topological polar surface area (TPSA) is 81.3 Å². The molecule has 0 saturated carbocycles. The molecule has 0 amide bonds. The number of nitriles is 1.